The maximum atomic E-state index is 4.41. The molecule has 0 aliphatic carbocycles. The van der Waals surface area contributed by atoms with Gasteiger partial charge in [-0.2, -0.15) is 0 Å². The van der Waals surface area contributed by atoms with Gasteiger partial charge < -0.3 is 14.8 Å². The zero-order chi connectivity index (χ0) is 12.1. The minimum absolute atomic E-state index is 0.845. The Bertz CT molecular complexity index is 326. The highest BCUT2D eigenvalue weighted by Gasteiger charge is 2.20. The summed E-state index contributed by atoms with van der Waals surface area (Å²) < 4.78 is 2.11. The van der Waals surface area contributed by atoms with Crippen molar-refractivity contribution in [2.24, 2.45) is 13.0 Å². The van der Waals surface area contributed by atoms with Crippen molar-refractivity contribution in [1.29, 1.82) is 0 Å². The van der Waals surface area contributed by atoms with Crippen molar-refractivity contribution in [3.05, 3.63) is 12.4 Å². The van der Waals surface area contributed by atoms with E-state index in [0.717, 1.165) is 31.5 Å². The van der Waals surface area contributed by atoms with Gasteiger partial charge in [-0.15, -0.1) is 0 Å². The van der Waals surface area contributed by atoms with Crippen molar-refractivity contribution in [2.75, 3.05) is 31.1 Å². The summed E-state index contributed by atoms with van der Waals surface area (Å²) in [5, 5.41) is 3.53. The number of rotatable bonds is 5. The van der Waals surface area contributed by atoms with Gasteiger partial charge in [0.2, 0.25) is 5.95 Å². The fourth-order valence-corrected chi connectivity index (χ4v) is 2.48. The highest BCUT2D eigenvalue weighted by Crippen LogP contribution is 2.20. The van der Waals surface area contributed by atoms with E-state index in [1.165, 1.54) is 25.8 Å². The molecule has 0 saturated carbocycles. The third-order valence-corrected chi connectivity index (χ3v) is 3.55. The van der Waals surface area contributed by atoms with Gasteiger partial charge in [-0.3, -0.25) is 0 Å². The van der Waals surface area contributed by atoms with Crippen LogP contribution in [0.25, 0.3) is 0 Å². The third kappa shape index (κ3) is 3.22. The maximum Gasteiger partial charge on any atom is 0.205 e. The van der Waals surface area contributed by atoms with Crippen molar-refractivity contribution < 1.29 is 0 Å². The minimum atomic E-state index is 0.845. The van der Waals surface area contributed by atoms with E-state index >= 15 is 0 Å². The molecule has 0 spiro atoms. The molecule has 0 amide bonds. The number of anilines is 1. The lowest BCUT2D eigenvalue weighted by Crippen LogP contribution is -2.38. The number of piperidine rings is 1. The highest BCUT2D eigenvalue weighted by molar-refractivity contribution is 5.31. The van der Waals surface area contributed by atoms with Crippen LogP contribution in [-0.4, -0.2) is 35.7 Å². The summed E-state index contributed by atoms with van der Waals surface area (Å²) in [5.41, 5.74) is 0. The van der Waals surface area contributed by atoms with Gasteiger partial charge in [0.1, 0.15) is 0 Å². The molecule has 0 radical (unpaired) electrons. The molecule has 1 saturated heterocycles. The van der Waals surface area contributed by atoms with E-state index in [4.69, 9.17) is 0 Å². The highest BCUT2D eigenvalue weighted by atomic mass is 15.3. The largest absolute Gasteiger partial charge is 0.342 e. The van der Waals surface area contributed by atoms with Gasteiger partial charge >= 0.3 is 0 Å². The molecule has 1 N–H and O–H groups in total. The molecule has 0 unspecified atom stereocenters. The summed E-state index contributed by atoms with van der Waals surface area (Å²) in [6.45, 7) is 6.84. The molecule has 1 aliphatic heterocycles. The van der Waals surface area contributed by atoms with Crippen LogP contribution >= 0.6 is 0 Å². The first-order valence-electron chi connectivity index (χ1n) is 6.74. The van der Waals surface area contributed by atoms with Gasteiger partial charge in [-0.05, 0) is 38.3 Å². The molecule has 0 atom stereocenters. The predicted octanol–water partition coefficient (Wildman–Crippen LogP) is 1.64. The fourth-order valence-electron chi connectivity index (χ4n) is 2.48. The number of hydrogen-bond donors (Lipinski definition) is 1. The smallest absolute Gasteiger partial charge is 0.205 e. The van der Waals surface area contributed by atoms with Crippen LogP contribution in [0, 0.1) is 5.92 Å². The van der Waals surface area contributed by atoms with Gasteiger partial charge in [-0.1, -0.05) is 6.92 Å². The minimum Gasteiger partial charge on any atom is -0.342 e. The average Bonchev–Trinajstić information content (AvgIpc) is 2.77. The molecule has 1 aromatic rings. The maximum absolute atomic E-state index is 4.41. The summed E-state index contributed by atoms with van der Waals surface area (Å²) in [7, 11) is 2.07. The molecule has 0 aromatic carbocycles. The van der Waals surface area contributed by atoms with Crippen LogP contribution in [0.2, 0.25) is 0 Å². The number of imidazole rings is 1. The van der Waals surface area contributed by atoms with Crippen LogP contribution in [0.4, 0.5) is 5.95 Å². The number of nitrogens with zero attached hydrogens (tertiary/aromatic N) is 3. The molecule has 2 heterocycles. The first kappa shape index (κ1) is 12.4. The van der Waals surface area contributed by atoms with Crippen LogP contribution in [0.15, 0.2) is 12.4 Å². The molecular formula is C13H24N4. The standard InChI is InChI=1S/C13H24N4/c1-3-6-14-11-12-4-8-17(9-5-12)13-15-7-10-16(13)2/h7,10,12,14H,3-6,8-9,11H2,1-2H3. The molecule has 96 valence electrons. The predicted molar refractivity (Wildman–Crippen MR) is 71.3 cm³/mol. The molecule has 1 fully saturated rings. The molecule has 4 heteroatoms. The summed E-state index contributed by atoms with van der Waals surface area (Å²) >= 11 is 0. The Morgan fingerprint density at radius 1 is 1.41 bits per heavy atom. The Balaban J connectivity index is 1.76. The van der Waals surface area contributed by atoms with Crippen molar-refractivity contribution in [1.82, 2.24) is 14.9 Å². The lowest BCUT2D eigenvalue weighted by molar-refractivity contribution is 0.380. The van der Waals surface area contributed by atoms with E-state index < -0.39 is 0 Å². The lowest BCUT2D eigenvalue weighted by atomic mass is 9.97. The van der Waals surface area contributed by atoms with E-state index in [9.17, 15) is 0 Å². The van der Waals surface area contributed by atoms with Gasteiger partial charge in [0.05, 0.1) is 0 Å². The van der Waals surface area contributed by atoms with Gasteiger partial charge in [0.25, 0.3) is 0 Å². The van der Waals surface area contributed by atoms with Crippen molar-refractivity contribution in [3.63, 3.8) is 0 Å². The number of aryl methyl sites for hydroxylation is 1. The monoisotopic (exact) mass is 236 g/mol. The van der Waals surface area contributed by atoms with Gasteiger partial charge in [0, 0.05) is 32.5 Å². The van der Waals surface area contributed by atoms with Crippen LogP contribution in [0.1, 0.15) is 26.2 Å². The Hall–Kier alpha value is -1.03. The molecule has 1 aliphatic rings. The molecule has 17 heavy (non-hydrogen) atoms. The molecular weight excluding hydrogens is 212 g/mol. The molecule has 1 aromatic heterocycles. The topological polar surface area (TPSA) is 33.1 Å². The zero-order valence-corrected chi connectivity index (χ0v) is 11.0. The van der Waals surface area contributed by atoms with E-state index in [1.807, 2.05) is 12.4 Å². The van der Waals surface area contributed by atoms with Gasteiger partial charge in [-0.25, -0.2) is 4.98 Å². The van der Waals surface area contributed by atoms with Crippen molar-refractivity contribution in [2.45, 2.75) is 26.2 Å². The van der Waals surface area contributed by atoms with E-state index in [2.05, 4.69) is 33.7 Å². The SMILES string of the molecule is CCCNCC1CCN(c2nccn2C)CC1. The third-order valence-electron chi connectivity index (χ3n) is 3.55. The number of aromatic nitrogens is 2. The summed E-state index contributed by atoms with van der Waals surface area (Å²) in [6.07, 6.45) is 7.69. The Morgan fingerprint density at radius 2 is 2.18 bits per heavy atom. The second-order valence-electron chi connectivity index (χ2n) is 4.97. The second-order valence-corrected chi connectivity index (χ2v) is 4.97. The van der Waals surface area contributed by atoms with Crippen LogP contribution in [0.5, 0.6) is 0 Å². The van der Waals surface area contributed by atoms with E-state index in [-0.39, 0.29) is 0 Å². The first-order chi connectivity index (χ1) is 8.31. The Labute approximate surface area is 104 Å². The molecule has 4 nitrogen and oxygen atoms in total. The van der Waals surface area contributed by atoms with Crippen molar-refractivity contribution in [3.8, 4) is 0 Å². The average molecular weight is 236 g/mol. The second kappa shape index (κ2) is 6.05. The van der Waals surface area contributed by atoms with Crippen LogP contribution in [0.3, 0.4) is 0 Å². The Kier molecular flexibility index (Phi) is 4.42. The van der Waals surface area contributed by atoms with Crippen LogP contribution in [-0.2, 0) is 7.05 Å². The van der Waals surface area contributed by atoms with E-state index in [0.29, 0.717) is 0 Å². The first-order valence-corrected chi connectivity index (χ1v) is 6.74. The van der Waals surface area contributed by atoms with Crippen molar-refractivity contribution >= 4 is 5.95 Å². The molecule has 0 bridgehead atoms. The lowest BCUT2D eigenvalue weighted by Gasteiger charge is -2.32. The Morgan fingerprint density at radius 3 is 2.76 bits per heavy atom. The zero-order valence-electron chi connectivity index (χ0n) is 11.0. The van der Waals surface area contributed by atoms with Crippen LogP contribution < -0.4 is 10.2 Å². The molecule has 2 rings (SSSR count). The number of hydrogen-bond acceptors (Lipinski definition) is 3. The van der Waals surface area contributed by atoms with Gasteiger partial charge in [0.15, 0.2) is 0 Å². The summed E-state index contributed by atoms with van der Waals surface area (Å²) in [5.74, 6) is 1.96. The number of nitrogens with one attached hydrogen (secondary N) is 1. The quantitative estimate of drug-likeness (QED) is 0.789. The fraction of sp³-hybridized carbons (Fsp3) is 0.769. The van der Waals surface area contributed by atoms with E-state index in [1.54, 1.807) is 0 Å². The summed E-state index contributed by atoms with van der Waals surface area (Å²) in [6, 6.07) is 0. The normalized spacial score (nSPS) is 17.6. The summed E-state index contributed by atoms with van der Waals surface area (Å²) in [4.78, 5) is 6.81.